The summed E-state index contributed by atoms with van der Waals surface area (Å²) in [6, 6.07) is 7.54. The van der Waals surface area contributed by atoms with Gasteiger partial charge in [-0.1, -0.05) is 0 Å². The van der Waals surface area contributed by atoms with Gasteiger partial charge in [-0.25, -0.2) is 13.1 Å². The van der Waals surface area contributed by atoms with Crippen molar-refractivity contribution in [3.8, 4) is 6.07 Å². The highest BCUT2D eigenvalue weighted by Gasteiger charge is 2.15. The quantitative estimate of drug-likeness (QED) is 0.816. The Labute approximate surface area is 125 Å². The van der Waals surface area contributed by atoms with Gasteiger partial charge in [0.1, 0.15) is 0 Å². The minimum atomic E-state index is -3.65. The molecule has 0 saturated carbocycles. The average molecular weight is 309 g/mol. The molecule has 0 unspecified atom stereocenters. The highest BCUT2D eigenvalue weighted by Crippen LogP contribution is 2.09. The molecule has 114 valence electrons. The van der Waals surface area contributed by atoms with E-state index in [1.807, 2.05) is 19.9 Å². The van der Waals surface area contributed by atoms with Crippen molar-refractivity contribution >= 4 is 15.9 Å². The van der Waals surface area contributed by atoms with E-state index in [1.54, 1.807) is 4.90 Å². The Morgan fingerprint density at radius 1 is 1.24 bits per heavy atom. The van der Waals surface area contributed by atoms with Gasteiger partial charge in [-0.05, 0) is 38.1 Å². The Balaban J connectivity index is 2.61. The van der Waals surface area contributed by atoms with Crippen molar-refractivity contribution in [2.75, 3.05) is 19.6 Å². The Bertz CT molecular complexity index is 614. The third-order valence-electron chi connectivity index (χ3n) is 3.04. The van der Waals surface area contributed by atoms with Crippen LogP contribution in [0.4, 0.5) is 0 Å². The molecule has 0 bridgehead atoms. The normalized spacial score (nSPS) is 10.9. The van der Waals surface area contributed by atoms with Crippen molar-refractivity contribution in [2.45, 2.75) is 25.2 Å². The van der Waals surface area contributed by atoms with E-state index in [9.17, 15) is 13.2 Å². The second kappa shape index (κ2) is 7.76. The molecule has 0 aromatic heterocycles. The second-order valence-corrected chi connectivity index (χ2v) is 6.12. The lowest BCUT2D eigenvalue weighted by Gasteiger charge is -2.18. The van der Waals surface area contributed by atoms with E-state index in [4.69, 9.17) is 5.26 Å². The van der Waals surface area contributed by atoms with Crippen LogP contribution in [0.5, 0.6) is 0 Å². The van der Waals surface area contributed by atoms with Gasteiger partial charge in [0.2, 0.25) is 15.9 Å². The molecule has 21 heavy (non-hydrogen) atoms. The lowest BCUT2D eigenvalue weighted by Crippen LogP contribution is -2.34. The minimum Gasteiger partial charge on any atom is -0.343 e. The molecule has 1 N–H and O–H groups in total. The number of rotatable bonds is 7. The smallest absolute Gasteiger partial charge is 0.240 e. The van der Waals surface area contributed by atoms with Crippen LogP contribution in [-0.2, 0) is 14.8 Å². The van der Waals surface area contributed by atoms with Gasteiger partial charge in [0.25, 0.3) is 0 Å². The zero-order valence-corrected chi connectivity index (χ0v) is 13.0. The maximum Gasteiger partial charge on any atom is 0.240 e. The van der Waals surface area contributed by atoms with Gasteiger partial charge >= 0.3 is 0 Å². The molecule has 0 saturated heterocycles. The first-order valence-electron chi connectivity index (χ1n) is 6.72. The third-order valence-corrected chi connectivity index (χ3v) is 4.52. The number of nitriles is 1. The molecule has 1 aromatic rings. The molecule has 7 heteroatoms. The maximum atomic E-state index is 12.0. The van der Waals surface area contributed by atoms with Crippen LogP contribution >= 0.6 is 0 Å². The molecule has 0 aliphatic heterocycles. The van der Waals surface area contributed by atoms with Crippen molar-refractivity contribution in [3.05, 3.63) is 29.8 Å². The molecule has 0 heterocycles. The fourth-order valence-electron chi connectivity index (χ4n) is 1.82. The lowest BCUT2D eigenvalue weighted by molar-refractivity contribution is -0.130. The number of hydrogen-bond acceptors (Lipinski definition) is 4. The Morgan fingerprint density at radius 2 is 1.81 bits per heavy atom. The summed E-state index contributed by atoms with van der Waals surface area (Å²) < 4.78 is 26.4. The number of hydrogen-bond donors (Lipinski definition) is 1. The Kier molecular flexibility index (Phi) is 6.34. The molecule has 1 rings (SSSR count). The third kappa shape index (κ3) is 4.85. The number of benzene rings is 1. The highest BCUT2D eigenvalue weighted by molar-refractivity contribution is 7.89. The SMILES string of the molecule is CCN(CC)C(=O)CCNS(=O)(=O)c1ccc(C#N)cc1. The van der Waals surface area contributed by atoms with E-state index in [-0.39, 0.29) is 23.8 Å². The summed E-state index contributed by atoms with van der Waals surface area (Å²) in [6.45, 7) is 5.03. The van der Waals surface area contributed by atoms with Crippen LogP contribution < -0.4 is 4.72 Å². The summed E-state index contributed by atoms with van der Waals surface area (Å²) in [6.07, 6.45) is 0.122. The summed E-state index contributed by atoms with van der Waals surface area (Å²) >= 11 is 0. The second-order valence-electron chi connectivity index (χ2n) is 4.35. The molecule has 0 fully saturated rings. The van der Waals surface area contributed by atoms with Crippen molar-refractivity contribution < 1.29 is 13.2 Å². The van der Waals surface area contributed by atoms with Crippen LogP contribution in [-0.4, -0.2) is 38.9 Å². The Morgan fingerprint density at radius 3 is 2.29 bits per heavy atom. The summed E-state index contributed by atoms with van der Waals surface area (Å²) in [5, 5.41) is 8.68. The van der Waals surface area contributed by atoms with Crippen LogP contribution in [0.2, 0.25) is 0 Å². The van der Waals surface area contributed by atoms with Gasteiger partial charge < -0.3 is 4.90 Å². The number of amides is 1. The van der Waals surface area contributed by atoms with Gasteiger partial charge in [0.15, 0.2) is 0 Å². The van der Waals surface area contributed by atoms with Gasteiger partial charge in [0.05, 0.1) is 16.5 Å². The average Bonchev–Trinajstić information content (AvgIpc) is 2.48. The van der Waals surface area contributed by atoms with E-state index in [1.165, 1.54) is 24.3 Å². The van der Waals surface area contributed by atoms with Crippen LogP contribution in [0.1, 0.15) is 25.8 Å². The largest absolute Gasteiger partial charge is 0.343 e. The van der Waals surface area contributed by atoms with Crippen molar-refractivity contribution in [3.63, 3.8) is 0 Å². The molecule has 0 atom stereocenters. The molecule has 0 spiro atoms. The number of carbonyl (C=O) groups is 1. The fraction of sp³-hybridized carbons (Fsp3) is 0.429. The summed E-state index contributed by atoms with van der Waals surface area (Å²) in [4.78, 5) is 13.5. The van der Waals surface area contributed by atoms with Crippen LogP contribution in [0.25, 0.3) is 0 Å². The molecular formula is C14H19N3O3S. The van der Waals surface area contributed by atoms with Gasteiger partial charge in [0, 0.05) is 26.1 Å². The lowest BCUT2D eigenvalue weighted by atomic mass is 10.2. The predicted molar refractivity (Wildman–Crippen MR) is 78.9 cm³/mol. The van der Waals surface area contributed by atoms with Crippen molar-refractivity contribution in [1.82, 2.24) is 9.62 Å². The predicted octanol–water partition coefficient (Wildman–Crippen LogP) is 1.10. The first kappa shape index (κ1) is 17.1. The van der Waals surface area contributed by atoms with Crippen LogP contribution in [0.15, 0.2) is 29.2 Å². The topological polar surface area (TPSA) is 90.3 Å². The monoisotopic (exact) mass is 309 g/mol. The van der Waals surface area contributed by atoms with Crippen molar-refractivity contribution in [1.29, 1.82) is 5.26 Å². The molecule has 1 amide bonds. The van der Waals surface area contributed by atoms with E-state index in [2.05, 4.69) is 4.72 Å². The molecule has 0 aliphatic rings. The van der Waals surface area contributed by atoms with E-state index in [0.717, 1.165) is 0 Å². The zero-order chi connectivity index (χ0) is 15.9. The first-order chi connectivity index (χ1) is 9.94. The standard InChI is InChI=1S/C14H19N3O3S/c1-3-17(4-2)14(18)9-10-16-21(19,20)13-7-5-12(11-15)6-8-13/h5-8,16H,3-4,9-10H2,1-2H3. The van der Waals surface area contributed by atoms with Crippen LogP contribution in [0.3, 0.4) is 0 Å². The summed E-state index contributed by atoms with van der Waals surface area (Å²) in [5.41, 5.74) is 0.394. The Hall–Kier alpha value is -1.91. The van der Waals surface area contributed by atoms with Gasteiger partial charge in [-0.15, -0.1) is 0 Å². The van der Waals surface area contributed by atoms with Crippen LogP contribution in [0, 0.1) is 11.3 Å². The van der Waals surface area contributed by atoms with Crippen molar-refractivity contribution in [2.24, 2.45) is 0 Å². The molecular weight excluding hydrogens is 290 g/mol. The summed E-state index contributed by atoms with van der Waals surface area (Å²) in [7, 11) is -3.65. The van der Waals surface area contributed by atoms with E-state index >= 15 is 0 Å². The number of carbonyl (C=O) groups excluding carboxylic acids is 1. The first-order valence-corrected chi connectivity index (χ1v) is 8.20. The number of nitrogens with zero attached hydrogens (tertiary/aromatic N) is 2. The van der Waals surface area contributed by atoms with Gasteiger partial charge in [-0.3, -0.25) is 4.79 Å². The van der Waals surface area contributed by atoms with E-state index in [0.29, 0.717) is 18.7 Å². The van der Waals surface area contributed by atoms with E-state index < -0.39 is 10.0 Å². The number of nitrogens with one attached hydrogen (secondary N) is 1. The van der Waals surface area contributed by atoms with Gasteiger partial charge in [-0.2, -0.15) is 5.26 Å². The molecule has 0 aliphatic carbocycles. The highest BCUT2D eigenvalue weighted by atomic mass is 32.2. The minimum absolute atomic E-state index is 0.0532. The molecule has 1 aromatic carbocycles. The zero-order valence-electron chi connectivity index (χ0n) is 12.2. The molecule has 6 nitrogen and oxygen atoms in total. The maximum absolute atomic E-state index is 12.0. The fourth-order valence-corrected chi connectivity index (χ4v) is 2.85. The summed E-state index contributed by atoms with van der Waals surface area (Å²) in [5.74, 6) is -0.0810. The molecule has 0 radical (unpaired) electrons. The number of sulfonamides is 1.